The number of ether oxygens (including phenoxy) is 1. The van der Waals surface area contributed by atoms with Crippen molar-refractivity contribution < 1.29 is 28.1 Å². The van der Waals surface area contributed by atoms with E-state index in [1.807, 2.05) is 0 Å². The molecule has 0 radical (unpaired) electrons. The fourth-order valence-electron chi connectivity index (χ4n) is 1.88. The van der Waals surface area contributed by atoms with Gasteiger partial charge >= 0.3 is 6.18 Å². The van der Waals surface area contributed by atoms with Crippen LogP contribution in [0.3, 0.4) is 0 Å². The Balaban J connectivity index is 2.15. The molecule has 0 heterocycles. The molecule has 1 atom stereocenters. The first-order chi connectivity index (χ1) is 9.89. The van der Waals surface area contributed by atoms with Crippen molar-refractivity contribution in [2.45, 2.75) is 12.3 Å². The van der Waals surface area contributed by atoms with E-state index in [0.717, 1.165) is 6.07 Å². The Morgan fingerprint density at radius 3 is 2.29 bits per heavy atom. The summed E-state index contributed by atoms with van der Waals surface area (Å²) in [5.74, 6) is -0.0464. The van der Waals surface area contributed by atoms with E-state index in [9.17, 15) is 23.4 Å². The van der Waals surface area contributed by atoms with Gasteiger partial charge in [-0.25, -0.2) is 0 Å². The van der Waals surface area contributed by atoms with Crippen LogP contribution in [0, 0.1) is 0 Å². The third kappa shape index (κ3) is 3.66. The number of phenolic OH excluding ortho intramolecular Hbond substituents is 1. The Bertz CT molecular complexity index is 611. The van der Waals surface area contributed by atoms with E-state index in [-0.39, 0.29) is 17.1 Å². The number of hydrogen-bond acceptors (Lipinski definition) is 3. The topological polar surface area (TPSA) is 49.7 Å². The number of hydrogen-bond donors (Lipinski definition) is 2. The molecule has 0 aliphatic rings. The Labute approximate surface area is 119 Å². The highest BCUT2D eigenvalue weighted by molar-refractivity contribution is 5.38. The molecule has 0 bridgehead atoms. The molecule has 21 heavy (non-hydrogen) atoms. The van der Waals surface area contributed by atoms with Crippen LogP contribution in [0.1, 0.15) is 17.2 Å². The smallest absolute Gasteiger partial charge is 0.416 e. The second kappa shape index (κ2) is 6.05. The molecule has 1 unspecified atom stereocenters. The normalized spacial score (nSPS) is 13.0. The van der Waals surface area contributed by atoms with Gasteiger partial charge in [-0.2, -0.15) is 13.2 Å². The largest absolute Gasteiger partial charge is 0.504 e. The first kappa shape index (κ1) is 15.2. The van der Waals surface area contributed by atoms with Gasteiger partial charge in [0.05, 0.1) is 5.56 Å². The molecule has 2 rings (SSSR count). The highest BCUT2D eigenvalue weighted by Crippen LogP contribution is 2.35. The van der Waals surface area contributed by atoms with Crippen molar-refractivity contribution in [2.24, 2.45) is 0 Å². The molecule has 3 nitrogen and oxygen atoms in total. The van der Waals surface area contributed by atoms with E-state index in [1.54, 1.807) is 12.1 Å². The average molecular weight is 298 g/mol. The predicted octanol–water partition coefficient (Wildman–Crippen LogP) is 3.52. The molecule has 0 aliphatic carbocycles. The maximum absolute atomic E-state index is 12.8. The monoisotopic (exact) mass is 298 g/mol. The predicted molar refractivity (Wildman–Crippen MR) is 70.0 cm³/mol. The molecule has 0 spiro atoms. The van der Waals surface area contributed by atoms with Crippen LogP contribution in [0.2, 0.25) is 0 Å². The van der Waals surface area contributed by atoms with E-state index in [2.05, 4.69) is 0 Å². The molecule has 0 saturated carbocycles. The zero-order chi connectivity index (χ0) is 15.5. The highest BCUT2D eigenvalue weighted by Gasteiger charge is 2.34. The molecule has 2 N–H and O–H groups in total. The van der Waals surface area contributed by atoms with Crippen LogP contribution in [0.5, 0.6) is 11.5 Å². The summed E-state index contributed by atoms with van der Waals surface area (Å²) in [7, 11) is 0. The van der Waals surface area contributed by atoms with Crippen molar-refractivity contribution in [2.75, 3.05) is 6.61 Å². The number of aliphatic hydroxyl groups is 1. The number of benzene rings is 2. The van der Waals surface area contributed by atoms with Gasteiger partial charge in [-0.05, 0) is 23.8 Å². The molecule has 0 amide bonds. The van der Waals surface area contributed by atoms with Gasteiger partial charge in [0.15, 0.2) is 11.5 Å². The summed E-state index contributed by atoms with van der Waals surface area (Å²) in [6, 6.07) is 10.8. The van der Waals surface area contributed by atoms with Gasteiger partial charge in [0.25, 0.3) is 0 Å². The second-order valence-corrected chi connectivity index (χ2v) is 4.38. The summed E-state index contributed by atoms with van der Waals surface area (Å²) in [5, 5.41) is 19.4. The van der Waals surface area contributed by atoms with Crippen LogP contribution in [0.15, 0.2) is 48.5 Å². The summed E-state index contributed by atoms with van der Waals surface area (Å²) >= 11 is 0. The molecule has 112 valence electrons. The Hall–Kier alpha value is -2.21. The van der Waals surface area contributed by atoms with Crippen LogP contribution in [0.25, 0.3) is 0 Å². The van der Waals surface area contributed by atoms with Crippen LogP contribution in [0.4, 0.5) is 13.2 Å². The summed E-state index contributed by atoms with van der Waals surface area (Å²) < 4.78 is 43.7. The number of aromatic hydroxyl groups is 1. The summed E-state index contributed by atoms with van der Waals surface area (Å²) in [6.07, 6.45) is -6.01. The fourth-order valence-corrected chi connectivity index (χ4v) is 1.88. The van der Waals surface area contributed by atoms with Gasteiger partial charge in [-0.3, -0.25) is 0 Å². The van der Waals surface area contributed by atoms with Crippen LogP contribution in [-0.4, -0.2) is 16.8 Å². The summed E-state index contributed by atoms with van der Waals surface area (Å²) in [6.45, 7) is -0.398. The number of alkyl halides is 3. The minimum atomic E-state index is -4.55. The first-order valence-electron chi connectivity index (χ1n) is 6.14. The van der Waals surface area contributed by atoms with E-state index in [4.69, 9.17) is 4.74 Å². The van der Waals surface area contributed by atoms with Gasteiger partial charge in [0.1, 0.15) is 12.7 Å². The van der Waals surface area contributed by atoms with Crippen molar-refractivity contribution in [1.29, 1.82) is 0 Å². The molecule has 0 fully saturated rings. The molecule has 0 saturated heterocycles. The molecule has 0 aromatic heterocycles. The Morgan fingerprint density at radius 2 is 1.62 bits per heavy atom. The van der Waals surface area contributed by atoms with Crippen molar-refractivity contribution in [1.82, 2.24) is 0 Å². The van der Waals surface area contributed by atoms with Gasteiger partial charge in [0, 0.05) is 0 Å². The number of rotatable bonds is 4. The molecule has 2 aromatic carbocycles. The fraction of sp³-hybridized carbons (Fsp3) is 0.200. The number of aliphatic hydroxyl groups excluding tert-OH is 1. The first-order valence-corrected chi connectivity index (χ1v) is 6.14. The van der Waals surface area contributed by atoms with Crippen LogP contribution < -0.4 is 4.74 Å². The third-order valence-corrected chi connectivity index (χ3v) is 2.89. The molecular weight excluding hydrogens is 285 g/mol. The second-order valence-electron chi connectivity index (χ2n) is 4.38. The lowest BCUT2D eigenvalue weighted by Gasteiger charge is -2.18. The van der Waals surface area contributed by atoms with Gasteiger partial charge in [0.2, 0.25) is 0 Å². The average Bonchev–Trinajstić information content (AvgIpc) is 2.45. The third-order valence-electron chi connectivity index (χ3n) is 2.89. The van der Waals surface area contributed by atoms with E-state index in [0.29, 0.717) is 0 Å². The minimum absolute atomic E-state index is 0.0982. The maximum atomic E-state index is 12.8. The van der Waals surface area contributed by atoms with Gasteiger partial charge in [-0.15, -0.1) is 0 Å². The SMILES string of the molecule is Oc1ccccc1OCC(O)c1ccccc1C(F)(F)F. The van der Waals surface area contributed by atoms with Crippen LogP contribution >= 0.6 is 0 Å². The molecular formula is C15H13F3O3. The van der Waals surface area contributed by atoms with E-state index in [1.165, 1.54) is 30.3 Å². The molecule has 0 aliphatic heterocycles. The molecule has 6 heteroatoms. The van der Waals surface area contributed by atoms with E-state index >= 15 is 0 Å². The maximum Gasteiger partial charge on any atom is 0.416 e. The minimum Gasteiger partial charge on any atom is -0.504 e. The molecule has 2 aromatic rings. The summed E-state index contributed by atoms with van der Waals surface area (Å²) in [4.78, 5) is 0. The van der Waals surface area contributed by atoms with Crippen molar-refractivity contribution in [3.63, 3.8) is 0 Å². The number of halogens is 3. The zero-order valence-corrected chi connectivity index (χ0v) is 10.8. The van der Waals surface area contributed by atoms with Gasteiger partial charge < -0.3 is 14.9 Å². The van der Waals surface area contributed by atoms with E-state index < -0.39 is 24.5 Å². The number of para-hydroxylation sites is 2. The lowest BCUT2D eigenvalue weighted by atomic mass is 10.0. The van der Waals surface area contributed by atoms with Crippen molar-refractivity contribution >= 4 is 0 Å². The zero-order valence-electron chi connectivity index (χ0n) is 10.8. The van der Waals surface area contributed by atoms with Gasteiger partial charge in [-0.1, -0.05) is 30.3 Å². The lowest BCUT2D eigenvalue weighted by molar-refractivity contribution is -0.139. The Morgan fingerprint density at radius 1 is 1.00 bits per heavy atom. The van der Waals surface area contributed by atoms with Crippen LogP contribution in [-0.2, 0) is 6.18 Å². The summed E-state index contributed by atoms with van der Waals surface area (Å²) in [5.41, 5.74) is -1.17. The Kier molecular flexibility index (Phi) is 4.37. The van der Waals surface area contributed by atoms with Crippen molar-refractivity contribution in [3.05, 3.63) is 59.7 Å². The quantitative estimate of drug-likeness (QED) is 0.908. The number of phenols is 1. The highest BCUT2D eigenvalue weighted by atomic mass is 19.4. The lowest BCUT2D eigenvalue weighted by Crippen LogP contribution is -2.16. The standard InChI is InChI=1S/C15H13F3O3/c16-15(17,18)11-6-2-1-5-10(11)13(20)9-21-14-8-4-3-7-12(14)19/h1-8,13,19-20H,9H2. The van der Waals surface area contributed by atoms with Crippen molar-refractivity contribution in [3.8, 4) is 11.5 Å².